The monoisotopic (exact) mass is 236 g/mol. The van der Waals surface area contributed by atoms with Gasteiger partial charge in [0.15, 0.2) is 5.76 Å². The van der Waals surface area contributed by atoms with E-state index in [1.807, 2.05) is 31.4 Å². The number of nitrogens with zero attached hydrogens (tertiary/aromatic N) is 1. The standard InChI is InChI=1S/C12H16N2OS/c1-4-12(3,13)11-14-9(7-16-11)10-6-5-8(2)15-10/h5-7H,4,13H2,1-3H3. The molecule has 0 saturated carbocycles. The van der Waals surface area contributed by atoms with Gasteiger partial charge in [0, 0.05) is 5.38 Å². The molecule has 86 valence electrons. The van der Waals surface area contributed by atoms with Gasteiger partial charge in [0.2, 0.25) is 0 Å². The normalized spacial score (nSPS) is 15.0. The van der Waals surface area contributed by atoms with Crippen molar-refractivity contribution in [3.8, 4) is 11.5 Å². The van der Waals surface area contributed by atoms with Crippen LogP contribution in [0.1, 0.15) is 31.0 Å². The molecule has 0 spiro atoms. The number of aromatic nitrogens is 1. The fourth-order valence-corrected chi connectivity index (χ4v) is 2.33. The Labute approximate surface area is 99.3 Å². The van der Waals surface area contributed by atoms with Crippen LogP contribution in [-0.4, -0.2) is 4.98 Å². The molecule has 16 heavy (non-hydrogen) atoms. The van der Waals surface area contributed by atoms with Gasteiger partial charge in [-0.3, -0.25) is 0 Å². The van der Waals surface area contributed by atoms with Crippen LogP contribution in [0.15, 0.2) is 21.9 Å². The van der Waals surface area contributed by atoms with Crippen LogP contribution in [0.3, 0.4) is 0 Å². The van der Waals surface area contributed by atoms with Crippen LogP contribution in [0.25, 0.3) is 11.5 Å². The molecule has 2 N–H and O–H groups in total. The van der Waals surface area contributed by atoms with Crippen LogP contribution >= 0.6 is 11.3 Å². The molecule has 0 aromatic carbocycles. The van der Waals surface area contributed by atoms with Gasteiger partial charge in [-0.05, 0) is 32.4 Å². The topological polar surface area (TPSA) is 52.0 Å². The Morgan fingerprint density at radius 2 is 2.25 bits per heavy atom. The maximum atomic E-state index is 6.15. The number of hydrogen-bond donors (Lipinski definition) is 1. The Morgan fingerprint density at radius 1 is 1.50 bits per heavy atom. The third-order valence-electron chi connectivity index (χ3n) is 2.72. The number of furan rings is 1. The molecule has 0 saturated heterocycles. The molecule has 0 aliphatic heterocycles. The van der Waals surface area contributed by atoms with Crippen molar-refractivity contribution in [1.82, 2.24) is 4.98 Å². The summed E-state index contributed by atoms with van der Waals surface area (Å²) >= 11 is 1.59. The molecule has 0 aliphatic rings. The van der Waals surface area contributed by atoms with E-state index in [0.717, 1.165) is 28.6 Å². The third-order valence-corrected chi connectivity index (χ3v) is 3.84. The highest BCUT2D eigenvalue weighted by molar-refractivity contribution is 7.10. The summed E-state index contributed by atoms with van der Waals surface area (Å²) in [5, 5.41) is 2.95. The van der Waals surface area contributed by atoms with E-state index in [0.29, 0.717) is 0 Å². The van der Waals surface area contributed by atoms with Crippen LogP contribution in [0.2, 0.25) is 0 Å². The molecular formula is C12H16N2OS. The molecule has 0 aliphatic carbocycles. The van der Waals surface area contributed by atoms with Gasteiger partial charge in [-0.25, -0.2) is 4.98 Å². The van der Waals surface area contributed by atoms with Gasteiger partial charge in [0.05, 0.1) is 5.54 Å². The molecule has 2 aromatic rings. The Balaban J connectivity index is 2.33. The molecule has 4 heteroatoms. The van der Waals surface area contributed by atoms with E-state index in [2.05, 4.69) is 11.9 Å². The Kier molecular flexibility index (Phi) is 2.86. The lowest BCUT2D eigenvalue weighted by Crippen LogP contribution is -2.31. The number of thiazole rings is 1. The average Bonchev–Trinajstić information content (AvgIpc) is 2.85. The van der Waals surface area contributed by atoms with E-state index in [9.17, 15) is 0 Å². The van der Waals surface area contributed by atoms with Gasteiger partial charge in [0.1, 0.15) is 16.5 Å². The van der Waals surface area contributed by atoms with Gasteiger partial charge in [-0.1, -0.05) is 6.92 Å². The fraction of sp³-hybridized carbons (Fsp3) is 0.417. The highest BCUT2D eigenvalue weighted by atomic mass is 32.1. The van der Waals surface area contributed by atoms with E-state index >= 15 is 0 Å². The van der Waals surface area contributed by atoms with Crippen molar-refractivity contribution >= 4 is 11.3 Å². The van der Waals surface area contributed by atoms with Gasteiger partial charge in [-0.15, -0.1) is 11.3 Å². The predicted molar refractivity (Wildman–Crippen MR) is 66.4 cm³/mol. The molecule has 2 rings (SSSR count). The molecular weight excluding hydrogens is 220 g/mol. The van der Waals surface area contributed by atoms with Crippen molar-refractivity contribution < 1.29 is 4.42 Å². The zero-order chi connectivity index (χ0) is 11.8. The van der Waals surface area contributed by atoms with Crippen LogP contribution < -0.4 is 5.73 Å². The maximum Gasteiger partial charge on any atom is 0.153 e. The van der Waals surface area contributed by atoms with E-state index in [1.165, 1.54) is 0 Å². The first-order chi connectivity index (χ1) is 7.53. The van der Waals surface area contributed by atoms with Crippen LogP contribution in [0, 0.1) is 6.92 Å². The second kappa shape index (κ2) is 4.03. The number of aryl methyl sites for hydroxylation is 1. The van der Waals surface area contributed by atoms with Crippen molar-refractivity contribution in [2.75, 3.05) is 0 Å². The number of rotatable bonds is 3. The lowest BCUT2D eigenvalue weighted by atomic mass is 10.0. The van der Waals surface area contributed by atoms with E-state index in [-0.39, 0.29) is 5.54 Å². The lowest BCUT2D eigenvalue weighted by Gasteiger charge is -2.18. The third kappa shape index (κ3) is 2.03. The summed E-state index contributed by atoms with van der Waals surface area (Å²) in [5.41, 5.74) is 6.68. The second-order valence-electron chi connectivity index (χ2n) is 4.22. The summed E-state index contributed by atoms with van der Waals surface area (Å²) in [6.45, 7) is 6.00. The first-order valence-electron chi connectivity index (χ1n) is 5.34. The molecule has 3 nitrogen and oxygen atoms in total. The SMILES string of the molecule is CCC(C)(N)c1nc(-c2ccc(C)o2)cs1. The molecule has 0 radical (unpaired) electrons. The summed E-state index contributed by atoms with van der Waals surface area (Å²) in [5.74, 6) is 1.71. The van der Waals surface area contributed by atoms with Crippen molar-refractivity contribution in [1.29, 1.82) is 0 Å². The molecule has 0 fully saturated rings. The van der Waals surface area contributed by atoms with Crippen molar-refractivity contribution in [2.24, 2.45) is 5.73 Å². The van der Waals surface area contributed by atoms with E-state index < -0.39 is 0 Å². The highest BCUT2D eigenvalue weighted by Gasteiger charge is 2.23. The van der Waals surface area contributed by atoms with Gasteiger partial charge in [0.25, 0.3) is 0 Å². The van der Waals surface area contributed by atoms with E-state index in [4.69, 9.17) is 10.2 Å². The van der Waals surface area contributed by atoms with Gasteiger partial charge < -0.3 is 10.2 Å². The second-order valence-corrected chi connectivity index (χ2v) is 5.08. The largest absolute Gasteiger partial charge is 0.460 e. The van der Waals surface area contributed by atoms with Crippen LogP contribution in [0.5, 0.6) is 0 Å². The van der Waals surface area contributed by atoms with Crippen molar-refractivity contribution in [3.05, 3.63) is 28.3 Å². The quantitative estimate of drug-likeness (QED) is 0.889. The maximum absolute atomic E-state index is 6.15. The predicted octanol–water partition coefficient (Wildman–Crippen LogP) is 3.30. The Bertz CT molecular complexity index is 485. The zero-order valence-electron chi connectivity index (χ0n) is 9.78. The van der Waals surface area contributed by atoms with Crippen LogP contribution in [0.4, 0.5) is 0 Å². The van der Waals surface area contributed by atoms with E-state index in [1.54, 1.807) is 11.3 Å². The average molecular weight is 236 g/mol. The molecule has 0 bridgehead atoms. The summed E-state index contributed by atoms with van der Waals surface area (Å²) in [6, 6.07) is 3.88. The van der Waals surface area contributed by atoms with Crippen LogP contribution in [-0.2, 0) is 5.54 Å². The minimum Gasteiger partial charge on any atom is -0.460 e. The molecule has 0 amide bonds. The summed E-state index contributed by atoms with van der Waals surface area (Å²) < 4.78 is 5.53. The molecule has 2 heterocycles. The first-order valence-corrected chi connectivity index (χ1v) is 6.22. The number of nitrogens with two attached hydrogens (primary N) is 1. The van der Waals surface area contributed by atoms with Gasteiger partial charge >= 0.3 is 0 Å². The highest BCUT2D eigenvalue weighted by Crippen LogP contribution is 2.29. The fourth-order valence-electron chi connectivity index (χ4n) is 1.37. The first kappa shape index (κ1) is 11.4. The minimum atomic E-state index is -0.343. The summed E-state index contributed by atoms with van der Waals surface area (Å²) in [6.07, 6.45) is 0.872. The summed E-state index contributed by atoms with van der Waals surface area (Å²) in [4.78, 5) is 4.54. The number of hydrogen-bond acceptors (Lipinski definition) is 4. The molecule has 1 unspecified atom stereocenters. The Hall–Kier alpha value is -1.13. The Morgan fingerprint density at radius 3 is 2.81 bits per heavy atom. The molecule has 1 atom stereocenters. The minimum absolute atomic E-state index is 0.343. The smallest absolute Gasteiger partial charge is 0.153 e. The lowest BCUT2D eigenvalue weighted by molar-refractivity contribution is 0.473. The summed E-state index contributed by atoms with van der Waals surface area (Å²) in [7, 11) is 0. The zero-order valence-corrected chi connectivity index (χ0v) is 10.6. The van der Waals surface area contributed by atoms with Crippen molar-refractivity contribution in [2.45, 2.75) is 32.7 Å². The van der Waals surface area contributed by atoms with Gasteiger partial charge in [-0.2, -0.15) is 0 Å². The molecule has 2 aromatic heterocycles. The van der Waals surface area contributed by atoms with Crippen molar-refractivity contribution in [3.63, 3.8) is 0 Å².